The molecule has 15 rings (SSSR count). The first-order valence-corrected chi connectivity index (χ1v) is 20.7. The predicted octanol–water partition coefficient (Wildman–Crippen LogP) is 12.5. The van der Waals surface area contributed by atoms with Crippen molar-refractivity contribution in [3.05, 3.63) is 188 Å². The van der Waals surface area contributed by atoms with Crippen LogP contribution in [0.15, 0.2) is 188 Å². The van der Waals surface area contributed by atoms with E-state index in [1.807, 2.05) is 0 Å². The highest BCUT2D eigenvalue weighted by Crippen LogP contribution is 2.45. The maximum Gasteiger partial charge on any atom is 0.253 e. The van der Waals surface area contributed by atoms with Crippen LogP contribution in [0.1, 0.15) is 0 Å². The molecule has 0 radical (unpaired) electrons. The molecule has 2 aliphatic heterocycles. The molecule has 13 aromatic rings. The van der Waals surface area contributed by atoms with Crippen LogP contribution in [0.4, 0.5) is 0 Å². The summed E-state index contributed by atoms with van der Waals surface area (Å²) in [6.45, 7) is 0.0359. The summed E-state index contributed by atoms with van der Waals surface area (Å²) in [5, 5.41) is 18.2. The van der Waals surface area contributed by atoms with Gasteiger partial charge in [0.2, 0.25) is 0 Å². The minimum absolute atomic E-state index is 0.0359. The van der Waals surface area contributed by atoms with Crippen molar-refractivity contribution in [1.29, 1.82) is 0 Å². The SMILES string of the molecule is c1cc2c3c(c1)-n1c4cc(-c5cccc6ccccc56)ccc4c4c5c(ccc6ccccc65)cc(c41)B3c1c3ccccc3cc3c4cc5ccccc5cc4n-2c13. The summed E-state index contributed by atoms with van der Waals surface area (Å²) in [6.07, 6.45) is 0. The fourth-order valence-electron chi connectivity index (χ4n) is 11.6. The maximum atomic E-state index is 2.64. The van der Waals surface area contributed by atoms with E-state index in [1.54, 1.807) is 0 Å². The topological polar surface area (TPSA) is 9.86 Å². The zero-order valence-electron chi connectivity index (χ0n) is 31.9. The second-order valence-corrected chi connectivity index (χ2v) is 16.8. The minimum Gasteiger partial charge on any atom is -0.310 e. The smallest absolute Gasteiger partial charge is 0.253 e. The van der Waals surface area contributed by atoms with Crippen molar-refractivity contribution in [3.8, 4) is 22.5 Å². The largest absolute Gasteiger partial charge is 0.310 e. The zero-order chi connectivity index (χ0) is 38.1. The molecule has 0 bridgehead atoms. The summed E-state index contributed by atoms with van der Waals surface area (Å²) in [5.74, 6) is 0. The number of nitrogens with zero attached hydrogens (tertiary/aromatic N) is 2. The Labute approximate surface area is 338 Å². The second-order valence-electron chi connectivity index (χ2n) is 16.8. The number of hydrogen-bond acceptors (Lipinski definition) is 0. The molecule has 0 saturated carbocycles. The van der Waals surface area contributed by atoms with Gasteiger partial charge >= 0.3 is 0 Å². The highest BCUT2D eigenvalue weighted by Gasteiger charge is 2.42. The molecule has 0 unspecified atom stereocenters. The van der Waals surface area contributed by atoms with E-state index in [1.165, 1.54) is 136 Å². The third kappa shape index (κ3) is 3.71. The van der Waals surface area contributed by atoms with Gasteiger partial charge in [0.05, 0.1) is 16.6 Å². The Morgan fingerprint density at radius 1 is 0.322 bits per heavy atom. The summed E-state index contributed by atoms with van der Waals surface area (Å²) in [5.41, 5.74) is 14.4. The van der Waals surface area contributed by atoms with Gasteiger partial charge in [0.1, 0.15) is 0 Å². The molecule has 2 aromatic heterocycles. The molecule has 0 amide bonds. The standard InChI is InChI=1S/C56H31BN2/c1-2-14-35-30-50-44(27-34(35)13-1)45-28-36-15-5-8-19-42(36)53-55(45)58(50)47-21-10-22-48-54(47)57(53)46-29-38-24-23-33-12-4-7-18-41(33)51(38)52-43-26-25-37(31-49(43)59(48)56(46)52)40-20-9-16-32-11-3-6-17-39(32)40/h1-31H. The molecule has 4 heterocycles. The van der Waals surface area contributed by atoms with Gasteiger partial charge in [-0.3, -0.25) is 0 Å². The summed E-state index contributed by atoms with van der Waals surface area (Å²) >= 11 is 0. The highest BCUT2D eigenvalue weighted by molar-refractivity contribution is 7.02. The normalized spacial score (nSPS) is 13.1. The van der Waals surface area contributed by atoms with Crippen molar-refractivity contribution in [2.45, 2.75) is 0 Å². The van der Waals surface area contributed by atoms with E-state index >= 15 is 0 Å². The predicted molar refractivity (Wildman–Crippen MR) is 253 cm³/mol. The van der Waals surface area contributed by atoms with Crippen LogP contribution in [0, 0.1) is 0 Å². The maximum absolute atomic E-state index is 2.64. The van der Waals surface area contributed by atoms with Crippen LogP contribution in [0.2, 0.25) is 0 Å². The number of fused-ring (bicyclic) bond motifs is 18. The first-order chi connectivity index (χ1) is 29.3. The van der Waals surface area contributed by atoms with Gasteiger partial charge in [-0.2, -0.15) is 0 Å². The molecule has 2 nitrogen and oxygen atoms in total. The highest BCUT2D eigenvalue weighted by atomic mass is 15.0. The van der Waals surface area contributed by atoms with Crippen molar-refractivity contribution >= 4 is 121 Å². The van der Waals surface area contributed by atoms with E-state index in [2.05, 4.69) is 197 Å². The number of hydrogen-bond donors (Lipinski definition) is 0. The Bertz CT molecular complexity index is 4080. The Morgan fingerprint density at radius 2 is 0.932 bits per heavy atom. The van der Waals surface area contributed by atoms with Crippen LogP contribution in [0.25, 0.3) is 120 Å². The van der Waals surface area contributed by atoms with Gasteiger partial charge in [-0.15, -0.1) is 0 Å². The first kappa shape index (κ1) is 30.5. The second kappa shape index (κ2) is 10.7. The molecule has 3 heteroatoms. The zero-order valence-corrected chi connectivity index (χ0v) is 31.9. The lowest BCUT2D eigenvalue weighted by Crippen LogP contribution is -2.59. The summed E-state index contributed by atoms with van der Waals surface area (Å²) in [4.78, 5) is 0. The molecule has 0 aliphatic carbocycles. The Hall–Kier alpha value is -7.62. The van der Waals surface area contributed by atoms with Crippen LogP contribution >= 0.6 is 0 Å². The lowest BCUT2D eigenvalue weighted by molar-refractivity contribution is 1.15. The summed E-state index contributed by atoms with van der Waals surface area (Å²) in [6, 6.07) is 71.2. The molecule has 0 atom stereocenters. The van der Waals surface area contributed by atoms with E-state index in [0.717, 1.165) is 0 Å². The molecule has 11 aromatic carbocycles. The third-order valence-corrected chi connectivity index (χ3v) is 14.0. The monoisotopic (exact) mass is 742 g/mol. The van der Waals surface area contributed by atoms with Crippen molar-refractivity contribution in [2.75, 3.05) is 0 Å². The first-order valence-electron chi connectivity index (χ1n) is 20.7. The van der Waals surface area contributed by atoms with Crippen molar-refractivity contribution in [3.63, 3.8) is 0 Å². The lowest BCUT2D eigenvalue weighted by atomic mass is 9.33. The van der Waals surface area contributed by atoms with Crippen LogP contribution in [0.3, 0.4) is 0 Å². The quantitative estimate of drug-likeness (QED) is 0.117. The Balaban J connectivity index is 1.17. The van der Waals surface area contributed by atoms with Crippen molar-refractivity contribution in [2.24, 2.45) is 0 Å². The van der Waals surface area contributed by atoms with E-state index in [4.69, 9.17) is 0 Å². The van der Waals surface area contributed by atoms with Gasteiger partial charge in [-0.25, -0.2) is 0 Å². The number of benzene rings is 11. The Kier molecular flexibility index (Phi) is 5.51. The van der Waals surface area contributed by atoms with E-state index < -0.39 is 0 Å². The van der Waals surface area contributed by atoms with Gasteiger partial charge in [-0.05, 0) is 118 Å². The molecule has 2 aliphatic rings. The Morgan fingerprint density at radius 3 is 1.76 bits per heavy atom. The van der Waals surface area contributed by atoms with Gasteiger partial charge in [0, 0.05) is 38.4 Å². The third-order valence-electron chi connectivity index (χ3n) is 14.0. The average molecular weight is 743 g/mol. The van der Waals surface area contributed by atoms with E-state index in [0.29, 0.717) is 0 Å². The molecular formula is C56H31BN2. The number of aromatic nitrogens is 2. The van der Waals surface area contributed by atoms with E-state index in [-0.39, 0.29) is 6.71 Å². The van der Waals surface area contributed by atoms with Crippen molar-refractivity contribution in [1.82, 2.24) is 9.13 Å². The van der Waals surface area contributed by atoms with Gasteiger partial charge in [0.25, 0.3) is 6.71 Å². The molecule has 0 spiro atoms. The molecule has 0 saturated heterocycles. The minimum atomic E-state index is 0.0359. The van der Waals surface area contributed by atoms with Gasteiger partial charge in [-0.1, -0.05) is 152 Å². The van der Waals surface area contributed by atoms with Crippen LogP contribution in [0.5, 0.6) is 0 Å². The lowest BCUT2D eigenvalue weighted by Gasteiger charge is -2.34. The summed E-state index contributed by atoms with van der Waals surface area (Å²) in [7, 11) is 0. The van der Waals surface area contributed by atoms with Crippen LogP contribution in [-0.2, 0) is 0 Å². The number of rotatable bonds is 1. The van der Waals surface area contributed by atoms with Gasteiger partial charge in [0.15, 0.2) is 0 Å². The molecule has 0 N–H and O–H groups in total. The van der Waals surface area contributed by atoms with E-state index in [9.17, 15) is 0 Å². The molecule has 0 fully saturated rings. The summed E-state index contributed by atoms with van der Waals surface area (Å²) < 4.78 is 5.25. The molecular weight excluding hydrogens is 711 g/mol. The molecule has 59 heavy (non-hydrogen) atoms. The van der Waals surface area contributed by atoms with Crippen LogP contribution in [-0.4, -0.2) is 15.8 Å². The fraction of sp³-hybridized carbons (Fsp3) is 0. The fourth-order valence-corrected chi connectivity index (χ4v) is 11.6. The van der Waals surface area contributed by atoms with Crippen molar-refractivity contribution < 1.29 is 0 Å². The average Bonchev–Trinajstić information content (AvgIpc) is 3.80. The van der Waals surface area contributed by atoms with Gasteiger partial charge < -0.3 is 9.13 Å². The molecule has 268 valence electrons. The van der Waals surface area contributed by atoms with Crippen LogP contribution < -0.4 is 16.4 Å².